The van der Waals surface area contributed by atoms with E-state index in [0.717, 1.165) is 4.90 Å². The van der Waals surface area contributed by atoms with E-state index < -0.39 is 30.2 Å². The number of nitrogens with zero attached hydrogens (tertiary/aromatic N) is 1. The number of hydrogen-bond acceptors (Lipinski definition) is 5. The minimum absolute atomic E-state index is 0.0187. The molecule has 33 heavy (non-hydrogen) atoms. The average molecular weight is 454 g/mol. The zero-order valence-corrected chi connectivity index (χ0v) is 17.9. The monoisotopic (exact) mass is 454 g/mol. The van der Waals surface area contributed by atoms with Crippen molar-refractivity contribution in [3.8, 4) is 11.1 Å². The molecule has 0 radical (unpaired) electrons. The SMILES string of the molecule is C=CCOC(=O)N[C@H]1C[C@H](C(=O)O)N(C(=O)O)C1.OCC1c2ccccc2-c2ccccc21. The van der Waals surface area contributed by atoms with Crippen LogP contribution in [0.1, 0.15) is 23.5 Å². The van der Waals surface area contributed by atoms with Crippen molar-refractivity contribution < 1.29 is 34.4 Å². The number of benzene rings is 2. The molecule has 1 aliphatic carbocycles. The van der Waals surface area contributed by atoms with Crippen LogP contribution in [-0.2, 0) is 9.53 Å². The van der Waals surface area contributed by atoms with Crippen molar-refractivity contribution in [1.82, 2.24) is 10.2 Å². The number of carboxylic acids is 1. The van der Waals surface area contributed by atoms with Crippen molar-refractivity contribution in [2.45, 2.75) is 24.4 Å². The molecule has 1 saturated heterocycles. The maximum absolute atomic E-state index is 11.2. The van der Waals surface area contributed by atoms with E-state index in [2.05, 4.69) is 53.0 Å². The fourth-order valence-corrected chi connectivity index (χ4v) is 4.19. The Morgan fingerprint density at radius 1 is 1.06 bits per heavy atom. The Bertz CT molecular complexity index is 971. The van der Waals surface area contributed by atoms with Gasteiger partial charge in [0.1, 0.15) is 12.6 Å². The van der Waals surface area contributed by atoms with Gasteiger partial charge in [-0.1, -0.05) is 61.2 Å². The number of amides is 2. The molecule has 2 aliphatic rings. The number of ether oxygens (including phenoxy) is 1. The number of fused-ring (bicyclic) bond motifs is 3. The number of aliphatic carboxylic acids is 1. The van der Waals surface area contributed by atoms with Crippen LogP contribution in [0.4, 0.5) is 9.59 Å². The third-order valence-corrected chi connectivity index (χ3v) is 5.63. The van der Waals surface area contributed by atoms with Gasteiger partial charge in [-0.3, -0.25) is 4.90 Å². The molecule has 2 aromatic carbocycles. The summed E-state index contributed by atoms with van der Waals surface area (Å²) in [6, 6.07) is 14.9. The second-order valence-electron chi connectivity index (χ2n) is 7.66. The van der Waals surface area contributed by atoms with Crippen LogP contribution in [0, 0.1) is 0 Å². The van der Waals surface area contributed by atoms with Gasteiger partial charge in [0.25, 0.3) is 0 Å². The Hall–Kier alpha value is -3.85. The number of carbonyl (C=O) groups is 3. The average Bonchev–Trinajstić information content (AvgIpc) is 3.37. The van der Waals surface area contributed by atoms with Gasteiger partial charge in [0, 0.05) is 18.9 Å². The van der Waals surface area contributed by atoms with Crippen molar-refractivity contribution in [2.24, 2.45) is 0 Å². The van der Waals surface area contributed by atoms with Crippen LogP contribution in [-0.4, -0.2) is 70.2 Å². The molecule has 9 nitrogen and oxygen atoms in total. The highest BCUT2D eigenvalue weighted by Crippen LogP contribution is 2.43. The van der Waals surface area contributed by atoms with Gasteiger partial charge in [-0.15, -0.1) is 0 Å². The van der Waals surface area contributed by atoms with E-state index in [4.69, 9.17) is 10.2 Å². The highest BCUT2D eigenvalue weighted by Gasteiger charge is 2.40. The third-order valence-electron chi connectivity index (χ3n) is 5.63. The summed E-state index contributed by atoms with van der Waals surface area (Å²) in [5.41, 5.74) is 5.04. The van der Waals surface area contributed by atoms with Crippen LogP contribution in [0.15, 0.2) is 61.2 Å². The first-order valence-electron chi connectivity index (χ1n) is 10.4. The largest absolute Gasteiger partial charge is 0.480 e. The number of hydrogen-bond donors (Lipinski definition) is 4. The van der Waals surface area contributed by atoms with Crippen LogP contribution in [0.25, 0.3) is 11.1 Å². The zero-order chi connectivity index (χ0) is 24.0. The maximum atomic E-state index is 11.2. The smallest absolute Gasteiger partial charge is 0.408 e. The summed E-state index contributed by atoms with van der Waals surface area (Å²) < 4.78 is 4.66. The Labute approximate surface area is 190 Å². The summed E-state index contributed by atoms with van der Waals surface area (Å²) >= 11 is 0. The molecule has 0 aromatic heterocycles. The summed E-state index contributed by atoms with van der Waals surface area (Å²) in [7, 11) is 0. The van der Waals surface area contributed by atoms with E-state index in [1.807, 2.05) is 12.1 Å². The van der Waals surface area contributed by atoms with Gasteiger partial charge >= 0.3 is 18.2 Å². The first kappa shape index (κ1) is 23.8. The third kappa shape index (κ3) is 5.32. The maximum Gasteiger partial charge on any atom is 0.408 e. The molecule has 9 heteroatoms. The van der Waals surface area contributed by atoms with Crippen molar-refractivity contribution in [1.29, 1.82) is 0 Å². The molecular weight excluding hydrogens is 428 g/mol. The summed E-state index contributed by atoms with van der Waals surface area (Å²) in [5, 5.41) is 29.6. The number of nitrogens with one attached hydrogen (secondary N) is 1. The number of aliphatic hydroxyl groups is 1. The topological polar surface area (TPSA) is 136 Å². The fraction of sp³-hybridized carbons (Fsp3) is 0.292. The molecule has 0 unspecified atom stereocenters. The van der Waals surface area contributed by atoms with Crippen LogP contribution in [0.5, 0.6) is 0 Å². The lowest BCUT2D eigenvalue weighted by atomic mass is 9.98. The minimum atomic E-state index is -1.33. The number of carbonyl (C=O) groups excluding carboxylic acids is 1. The van der Waals surface area contributed by atoms with Gasteiger partial charge in [0.2, 0.25) is 0 Å². The van der Waals surface area contributed by atoms with Gasteiger partial charge < -0.3 is 25.4 Å². The van der Waals surface area contributed by atoms with Crippen LogP contribution >= 0.6 is 0 Å². The standard InChI is InChI=1S/C14H12O.C10H14N2O6/c15-9-14-12-7-3-1-5-10(12)11-6-2-4-8-13(11)14;1-2-3-18-9(15)11-6-4-7(8(13)14)12(5-6)10(16)17/h1-8,14-15H,9H2;2,6-7H,1,3-5H2,(H,11,15)(H,13,14)(H,16,17)/t;6-,7+/m.0/s1. The van der Waals surface area contributed by atoms with E-state index in [1.54, 1.807) is 0 Å². The molecule has 174 valence electrons. The Balaban J connectivity index is 0.000000188. The number of aliphatic hydroxyl groups excluding tert-OH is 1. The highest BCUT2D eigenvalue weighted by molar-refractivity contribution is 5.81. The molecule has 1 heterocycles. The van der Waals surface area contributed by atoms with Crippen molar-refractivity contribution in [3.05, 3.63) is 72.3 Å². The highest BCUT2D eigenvalue weighted by atomic mass is 16.5. The van der Waals surface area contributed by atoms with Gasteiger partial charge in [0.15, 0.2) is 0 Å². The van der Waals surface area contributed by atoms with Crippen LogP contribution < -0.4 is 5.32 Å². The summed E-state index contributed by atoms with van der Waals surface area (Å²) in [5.74, 6) is -1.07. The molecule has 0 saturated carbocycles. The normalized spacial score (nSPS) is 18.4. The lowest BCUT2D eigenvalue weighted by molar-refractivity contribution is -0.141. The first-order valence-corrected chi connectivity index (χ1v) is 10.4. The van der Waals surface area contributed by atoms with Gasteiger partial charge in [0.05, 0.1) is 12.6 Å². The lowest BCUT2D eigenvalue weighted by Crippen LogP contribution is -2.40. The van der Waals surface area contributed by atoms with Crippen molar-refractivity contribution >= 4 is 18.2 Å². The number of rotatable bonds is 5. The molecule has 4 rings (SSSR count). The predicted octanol–water partition coefficient (Wildman–Crippen LogP) is 2.90. The minimum Gasteiger partial charge on any atom is -0.480 e. The Morgan fingerprint density at radius 2 is 1.64 bits per heavy atom. The molecular formula is C24H26N2O7. The second kappa shape index (κ2) is 10.6. The van der Waals surface area contributed by atoms with Gasteiger partial charge in [-0.2, -0.15) is 0 Å². The molecule has 4 N–H and O–H groups in total. The fourth-order valence-electron chi connectivity index (χ4n) is 4.19. The van der Waals surface area contributed by atoms with E-state index in [0.29, 0.717) is 0 Å². The Kier molecular flexibility index (Phi) is 7.68. The van der Waals surface area contributed by atoms with Gasteiger partial charge in [-0.05, 0) is 22.3 Å². The second-order valence-corrected chi connectivity index (χ2v) is 7.66. The van der Waals surface area contributed by atoms with Crippen LogP contribution in [0.2, 0.25) is 0 Å². The Morgan fingerprint density at radius 3 is 2.09 bits per heavy atom. The number of likely N-dealkylation sites (tertiary alicyclic amines) is 1. The first-order chi connectivity index (χ1) is 15.9. The quantitative estimate of drug-likeness (QED) is 0.510. The lowest BCUT2D eigenvalue weighted by Gasteiger charge is -2.16. The molecule has 2 amide bonds. The molecule has 1 fully saturated rings. The summed E-state index contributed by atoms with van der Waals surface area (Å²) in [6.45, 7) is 3.51. The predicted molar refractivity (Wildman–Crippen MR) is 120 cm³/mol. The van der Waals surface area contributed by atoms with Crippen molar-refractivity contribution in [3.63, 3.8) is 0 Å². The van der Waals surface area contributed by atoms with Crippen molar-refractivity contribution in [2.75, 3.05) is 19.8 Å². The summed E-state index contributed by atoms with van der Waals surface area (Å²) in [6.07, 6.45) is -0.648. The zero-order valence-electron chi connectivity index (χ0n) is 17.9. The van der Waals surface area contributed by atoms with E-state index in [1.165, 1.54) is 28.3 Å². The summed E-state index contributed by atoms with van der Waals surface area (Å²) in [4.78, 5) is 33.7. The number of alkyl carbamates (subject to hydrolysis) is 1. The van der Waals surface area contributed by atoms with Crippen LogP contribution in [0.3, 0.4) is 0 Å². The van der Waals surface area contributed by atoms with E-state index in [9.17, 15) is 19.5 Å². The molecule has 1 aliphatic heterocycles. The molecule has 2 atom stereocenters. The van der Waals surface area contributed by atoms with E-state index >= 15 is 0 Å². The number of carboxylic acid groups (broad SMARTS) is 2. The molecule has 2 aromatic rings. The van der Waals surface area contributed by atoms with Gasteiger partial charge in [-0.25, -0.2) is 14.4 Å². The van der Waals surface area contributed by atoms with E-state index in [-0.39, 0.29) is 32.1 Å². The molecule has 0 spiro atoms. The molecule has 0 bridgehead atoms.